The van der Waals surface area contributed by atoms with Crippen LogP contribution in [0.1, 0.15) is 12.0 Å². The van der Waals surface area contributed by atoms with Crippen LogP contribution in [0.3, 0.4) is 0 Å². The van der Waals surface area contributed by atoms with E-state index in [1.165, 1.54) is 19.2 Å². The zero-order chi connectivity index (χ0) is 12.8. The van der Waals surface area contributed by atoms with Gasteiger partial charge in [0.25, 0.3) is 5.92 Å². The number of hydrogen-bond donors (Lipinski definition) is 1. The van der Waals surface area contributed by atoms with Crippen molar-refractivity contribution in [3.05, 3.63) is 33.9 Å². The highest BCUT2D eigenvalue weighted by molar-refractivity contribution is 5.52. The summed E-state index contributed by atoms with van der Waals surface area (Å²) in [4.78, 5) is 9.99. The van der Waals surface area contributed by atoms with E-state index in [2.05, 4.69) is 0 Å². The van der Waals surface area contributed by atoms with Crippen molar-refractivity contribution in [2.24, 2.45) is 5.73 Å². The molecule has 0 aromatic heterocycles. The molecule has 0 amide bonds. The predicted molar refractivity (Wildman–Crippen MR) is 55.1 cm³/mol. The number of alkyl halides is 2. The Morgan fingerprint density at radius 3 is 2.53 bits per heavy atom. The lowest BCUT2D eigenvalue weighted by molar-refractivity contribution is -0.385. The number of halogens is 2. The van der Waals surface area contributed by atoms with Crippen LogP contribution in [0.5, 0.6) is 5.75 Å². The molecule has 7 heteroatoms. The molecule has 1 aromatic rings. The van der Waals surface area contributed by atoms with Gasteiger partial charge in [-0.2, -0.15) is 0 Å². The predicted octanol–water partition coefficient (Wildman–Crippen LogP) is 1.80. The smallest absolute Gasteiger partial charge is 0.310 e. The molecule has 0 saturated heterocycles. The summed E-state index contributed by atoms with van der Waals surface area (Å²) < 4.78 is 30.9. The summed E-state index contributed by atoms with van der Waals surface area (Å²) in [6.07, 6.45) is -0.457. The van der Waals surface area contributed by atoms with Crippen LogP contribution in [0.2, 0.25) is 0 Å². The van der Waals surface area contributed by atoms with Crippen LogP contribution < -0.4 is 10.5 Å². The summed E-state index contributed by atoms with van der Waals surface area (Å²) in [5, 5.41) is 10.6. The largest absolute Gasteiger partial charge is 0.490 e. The molecule has 1 atom stereocenters. The summed E-state index contributed by atoms with van der Waals surface area (Å²) >= 11 is 0. The van der Waals surface area contributed by atoms with Crippen LogP contribution in [0.25, 0.3) is 0 Å². The van der Waals surface area contributed by atoms with Crippen molar-refractivity contribution in [2.75, 3.05) is 7.11 Å². The monoisotopic (exact) mass is 244 g/mol. The molecule has 17 heavy (non-hydrogen) atoms. The van der Waals surface area contributed by atoms with E-state index in [1.54, 1.807) is 0 Å². The first-order valence-corrected chi connectivity index (χ1v) is 4.81. The lowest BCUT2D eigenvalue weighted by atomic mass is 10.0. The highest BCUT2D eigenvalue weighted by Crippen LogP contribution is 2.58. The minimum atomic E-state index is -2.96. The normalized spacial score (nSPS) is 25.4. The fourth-order valence-electron chi connectivity index (χ4n) is 1.73. The van der Waals surface area contributed by atoms with Gasteiger partial charge in [0, 0.05) is 12.5 Å². The number of nitrogens with two attached hydrogens (primary N) is 1. The lowest BCUT2D eigenvalue weighted by Crippen LogP contribution is -2.27. The van der Waals surface area contributed by atoms with Crippen LogP contribution in [-0.4, -0.2) is 18.0 Å². The quantitative estimate of drug-likeness (QED) is 0.649. The molecule has 0 radical (unpaired) electrons. The summed E-state index contributed by atoms with van der Waals surface area (Å²) in [7, 11) is 1.24. The third-order valence-electron chi connectivity index (χ3n) is 2.92. The maximum atomic E-state index is 13.1. The third kappa shape index (κ3) is 1.62. The van der Waals surface area contributed by atoms with Gasteiger partial charge in [-0.15, -0.1) is 0 Å². The fraction of sp³-hybridized carbons (Fsp3) is 0.400. The molecule has 2 N–H and O–H groups in total. The van der Waals surface area contributed by atoms with Gasteiger partial charge in [-0.3, -0.25) is 10.1 Å². The Morgan fingerprint density at radius 1 is 1.53 bits per heavy atom. The third-order valence-corrected chi connectivity index (χ3v) is 2.92. The van der Waals surface area contributed by atoms with Gasteiger partial charge in [0.05, 0.1) is 12.0 Å². The van der Waals surface area contributed by atoms with Gasteiger partial charge in [0.15, 0.2) is 5.75 Å². The average molecular weight is 244 g/mol. The van der Waals surface area contributed by atoms with Crippen molar-refractivity contribution in [2.45, 2.75) is 17.9 Å². The number of benzene rings is 1. The second-order valence-electron chi connectivity index (χ2n) is 4.00. The van der Waals surface area contributed by atoms with Crippen LogP contribution in [0, 0.1) is 10.1 Å². The molecule has 0 heterocycles. The lowest BCUT2D eigenvalue weighted by Gasteiger charge is -2.12. The minimum absolute atomic E-state index is 0.0694. The van der Waals surface area contributed by atoms with Crippen LogP contribution in [-0.2, 0) is 5.54 Å². The zero-order valence-corrected chi connectivity index (χ0v) is 8.94. The maximum absolute atomic E-state index is 13.1. The number of nitrogens with zero attached hydrogens (tertiary/aromatic N) is 1. The second kappa shape index (κ2) is 3.36. The Hall–Kier alpha value is -1.76. The van der Waals surface area contributed by atoms with Crippen molar-refractivity contribution < 1.29 is 18.4 Å². The van der Waals surface area contributed by atoms with Crippen molar-refractivity contribution in [3.63, 3.8) is 0 Å². The van der Waals surface area contributed by atoms with Gasteiger partial charge in [0.1, 0.15) is 5.54 Å². The molecular formula is C10H10F2N2O3. The van der Waals surface area contributed by atoms with Gasteiger partial charge >= 0.3 is 5.69 Å². The SMILES string of the molecule is COc1cc(C2(N)CC2(F)F)ccc1[N+](=O)[O-]. The zero-order valence-electron chi connectivity index (χ0n) is 8.94. The van der Waals surface area contributed by atoms with Crippen molar-refractivity contribution in [1.82, 2.24) is 0 Å². The average Bonchev–Trinajstić information content (AvgIpc) is 2.78. The molecule has 1 fully saturated rings. The number of methoxy groups -OCH3 is 1. The highest BCUT2D eigenvalue weighted by Gasteiger charge is 2.70. The number of nitro groups is 1. The first-order chi connectivity index (χ1) is 7.82. The van der Waals surface area contributed by atoms with Crippen molar-refractivity contribution in [1.29, 1.82) is 0 Å². The first kappa shape index (κ1) is 11.7. The van der Waals surface area contributed by atoms with Crippen molar-refractivity contribution >= 4 is 5.69 Å². The summed E-state index contributed by atoms with van der Waals surface area (Å²) in [6.45, 7) is 0. The highest BCUT2D eigenvalue weighted by atomic mass is 19.3. The molecule has 1 saturated carbocycles. The van der Waals surface area contributed by atoms with Gasteiger partial charge in [-0.1, -0.05) is 0 Å². The molecule has 2 rings (SSSR count). The fourth-order valence-corrected chi connectivity index (χ4v) is 1.73. The molecule has 1 aliphatic rings. The van der Waals surface area contributed by atoms with Gasteiger partial charge in [-0.05, 0) is 17.7 Å². The Morgan fingerprint density at radius 2 is 2.12 bits per heavy atom. The molecule has 5 nitrogen and oxygen atoms in total. The van der Waals surface area contributed by atoms with Crippen LogP contribution in [0.4, 0.5) is 14.5 Å². The molecule has 1 aromatic carbocycles. The van der Waals surface area contributed by atoms with E-state index >= 15 is 0 Å². The Balaban J connectivity index is 2.44. The van der Waals surface area contributed by atoms with Crippen LogP contribution in [0.15, 0.2) is 18.2 Å². The molecule has 0 bridgehead atoms. The maximum Gasteiger partial charge on any atom is 0.310 e. The summed E-state index contributed by atoms with van der Waals surface area (Å²) in [5.41, 5.74) is 3.66. The van der Waals surface area contributed by atoms with Gasteiger partial charge in [-0.25, -0.2) is 8.78 Å². The van der Waals surface area contributed by atoms with Crippen molar-refractivity contribution in [3.8, 4) is 5.75 Å². The van der Waals surface area contributed by atoms with E-state index < -0.39 is 22.8 Å². The van der Waals surface area contributed by atoms with E-state index in [4.69, 9.17) is 10.5 Å². The number of ether oxygens (including phenoxy) is 1. The topological polar surface area (TPSA) is 78.4 Å². The van der Waals surface area contributed by atoms with Gasteiger partial charge in [0.2, 0.25) is 0 Å². The second-order valence-corrected chi connectivity index (χ2v) is 4.00. The molecule has 1 aliphatic carbocycles. The van der Waals surface area contributed by atoms with E-state index in [9.17, 15) is 18.9 Å². The van der Waals surface area contributed by atoms with E-state index in [1.807, 2.05) is 0 Å². The Kier molecular flexibility index (Phi) is 2.32. The molecule has 92 valence electrons. The van der Waals surface area contributed by atoms with E-state index in [-0.39, 0.29) is 17.0 Å². The first-order valence-electron chi connectivity index (χ1n) is 4.81. The number of hydrogen-bond acceptors (Lipinski definition) is 4. The van der Waals surface area contributed by atoms with E-state index in [0.29, 0.717) is 0 Å². The minimum Gasteiger partial charge on any atom is -0.490 e. The van der Waals surface area contributed by atoms with E-state index in [0.717, 1.165) is 6.07 Å². The Labute approximate surface area is 95.3 Å². The summed E-state index contributed by atoms with van der Waals surface area (Å²) in [6, 6.07) is 3.55. The Bertz CT molecular complexity index is 492. The molecule has 0 spiro atoms. The molecular weight excluding hydrogens is 234 g/mol. The molecule has 0 aliphatic heterocycles. The number of nitro benzene ring substituents is 1. The molecule has 1 unspecified atom stereocenters. The van der Waals surface area contributed by atoms with Gasteiger partial charge < -0.3 is 10.5 Å². The number of rotatable bonds is 3. The van der Waals surface area contributed by atoms with Crippen LogP contribution >= 0.6 is 0 Å². The summed E-state index contributed by atoms with van der Waals surface area (Å²) in [5.74, 6) is -3.03. The standard InChI is InChI=1S/C10H10F2N2O3/c1-17-8-4-6(2-3-7(8)14(15)16)9(13)5-10(9,11)12/h2-4H,5,13H2,1H3.